The molecule has 1 unspecified atom stereocenters. The van der Waals surface area contributed by atoms with Gasteiger partial charge >= 0.3 is 0 Å². The number of benzene rings is 3. The molecule has 3 aromatic rings. The van der Waals surface area contributed by atoms with Gasteiger partial charge in [0.2, 0.25) is 5.91 Å². The van der Waals surface area contributed by atoms with E-state index in [9.17, 15) is 9.59 Å². The van der Waals surface area contributed by atoms with Gasteiger partial charge in [-0.05, 0) is 53.9 Å². The molecule has 0 aliphatic carbocycles. The summed E-state index contributed by atoms with van der Waals surface area (Å²) in [5.74, 6) is 0.522. The van der Waals surface area contributed by atoms with E-state index in [-0.39, 0.29) is 24.5 Å². The minimum absolute atomic E-state index is 0.0954. The SMILES string of the molecule is O=C(COc1ccc(N2CCCC2=O)cc1)NC(c1ccccc1)c1ccc(Br)cc1. The molecular weight excluding hydrogens is 456 g/mol. The second-order valence-corrected chi connectivity index (χ2v) is 8.31. The van der Waals surface area contributed by atoms with Crippen molar-refractivity contribution in [2.75, 3.05) is 18.1 Å². The molecule has 4 rings (SSSR count). The Balaban J connectivity index is 1.40. The van der Waals surface area contributed by atoms with Crippen LogP contribution in [0.2, 0.25) is 0 Å². The molecule has 2 amide bonds. The van der Waals surface area contributed by atoms with Gasteiger partial charge in [0, 0.05) is 23.1 Å². The lowest BCUT2D eigenvalue weighted by Crippen LogP contribution is -2.33. The first-order valence-electron chi connectivity index (χ1n) is 10.2. The van der Waals surface area contributed by atoms with Crippen LogP contribution in [-0.2, 0) is 9.59 Å². The average molecular weight is 479 g/mol. The molecule has 0 bridgehead atoms. The van der Waals surface area contributed by atoms with Gasteiger partial charge in [-0.2, -0.15) is 0 Å². The zero-order valence-electron chi connectivity index (χ0n) is 17.0. The van der Waals surface area contributed by atoms with Crippen molar-refractivity contribution in [3.8, 4) is 5.75 Å². The summed E-state index contributed by atoms with van der Waals surface area (Å²) in [6.45, 7) is 0.653. The maximum Gasteiger partial charge on any atom is 0.258 e. The van der Waals surface area contributed by atoms with Gasteiger partial charge < -0.3 is 15.0 Å². The lowest BCUT2D eigenvalue weighted by atomic mass is 9.99. The van der Waals surface area contributed by atoms with Crippen LogP contribution in [0.1, 0.15) is 30.0 Å². The molecule has 1 heterocycles. The monoisotopic (exact) mass is 478 g/mol. The van der Waals surface area contributed by atoms with Crippen molar-refractivity contribution < 1.29 is 14.3 Å². The van der Waals surface area contributed by atoms with Crippen molar-refractivity contribution in [1.29, 1.82) is 0 Å². The van der Waals surface area contributed by atoms with Crippen LogP contribution in [0.25, 0.3) is 0 Å². The number of nitrogens with zero attached hydrogens (tertiary/aromatic N) is 1. The second-order valence-electron chi connectivity index (χ2n) is 7.39. The largest absolute Gasteiger partial charge is 0.484 e. The first-order valence-corrected chi connectivity index (χ1v) is 11.0. The van der Waals surface area contributed by atoms with E-state index < -0.39 is 0 Å². The van der Waals surface area contributed by atoms with Crippen LogP contribution in [0, 0.1) is 0 Å². The van der Waals surface area contributed by atoms with Gasteiger partial charge in [-0.1, -0.05) is 58.4 Å². The highest BCUT2D eigenvalue weighted by Crippen LogP contribution is 2.25. The topological polar surface area (TPSA) is 58.6 Å². The molecule has 6 heteroatoms. The van der Waals surface area contributed by atoms with Gasteiger partial charge in [0.1, 0.15) is 5.75 Å². The zero-order valence-corrected chi connectivity index (χ0v) is 18.5. The maximum absolute atomic E-state index is 12.7. The van der Waals surface area contributed by atoms with Gasteiger partial charge in [-0.3, -0.25) is 9.59 Å². The van der Waals surface area contributed by atoms with E-state index in [1.54, 1.807) is 17.0 Å². The van der Waals surface area contributed by atoms with Crippen LogP contribution in [0.15, 0.2) is 83.3 Å². The van der Waals surface area contributed by atoms with Crippen LogP contribution < -0.4 is 15.0 Å². The number of ether oxygens (including phenoxy) is 1. The quantitative estimate of drug-likeness (QED) is 0.527. The van der Waals surface area contributed by atoms with Gasteiger partial charge in [0.15, 0.2) is 6.61 Å². The maximum atomic E-state index is 12.7. The van der Waals surface area contributed by atoms with Crippen LogP contribution in [-0.4, -0.2) is 25.0 Å². The van der Waals surface area contributed by atoms with E-state index in [0.717, 1.165) is 34.3 Å². The van der Waals surface area contributed by atoms with Crippen LogP contribution in [0.5, 0.6) is 5.75 Å². The number of carbonyl (C=O) groups excluding carboxylic acids is 2. The van der Waals surface area contributed by atoms with E-state index in [4.69, 9.17) is 4.74 Å². The predicted molar refractivity (Wildman–Crippen MR) is 124 cm³/mol. The number of halogens is 1. The normalized spacial score (nSPS) is 14.4. The predicted octanol–water partition coefficient (Wildman–Crippen LogP) is 4.86. The highest BCUT2D eigenvalue weighted by Gasteiger charge is 2.21. The van der Waals surface area contributed by atoms with Crippen molar-refractivity contribution in [2.24, 2.45) is 0 Å². The molecular formula is C25H23BrN2O3. The first kappa shape index (κ1) is 21.1. The third kappa shape index (κ3) is 5.33. The highest BCUT2D eigenvalue weighted by atomic mass is 79.9. The Morgan fingerprint density at radius 2 is 1.65 bits per heavy atom. The molecule has 0 saturated carbocycles. The van der Waals surface area contributed by atoms with Crippen molar-refractivity contribution in [3.05, 3.63) is 94.5 Å². The third-order valence-electron chi connectivity index (χ3n) is 5.23. The van der Waals surface area contributed by atoms with E-state index in [1.807, 2.05) is 66.7 Å². The Morgan fingerprint density at radius 3 is 2.29 bits per heavy atom. The third-order valence-corrected chi connectivity index (χ3v) is 5.76. The molecule has 0 aromatic heterocycles. The molecule has 1 aliphatic heterocycles. The number of rotatable bonds is 7. The summed E-state index contributed by atoms with van der Waals surface area (Å²) in [7, 11) is 0. The molecule has 3 aromatic carbocycles. The minimum Gasteiger partial charge on any atom is -0.484 e. The molecule has 1 N–H and O–H groups in total. The van der Waals surface area contributed by atoms with Crippen molar-refractivity contribution in [3.63, 3.8) is 0 Å². The molecule has 0 radical (unpaired) electrons. The van der Waals surface area contributed by atoms with Gasteiger partial charge in [-0.15, -0.1) is 0 Å². The van der Waals surface area contributed by atoms with Crippen LogP contribution >= 0.6 is 15.9 Å². The summed E-state index contributed by atoms with van der Waals surface area (Å²) in [4.78, 5) is 26.3. The summed E-state index contributed by atoms with van der Waals surface area (Å²) in [5.41, 5.74) is 2.85. The number of amides is 2. The highest BCUT2D eigenvalue weighted by molar-refractivity contribution is 9.10. The lowest BCUT2D eigenvalue weighted by Gasteiger charge is -2.20. The number of hydrogen-bond donors (Lipinski definition) is 1. The Kier molecular flexibility index (Phi) is 6.67. The number of hydrogen-bond acceptors (Lipinski definition) is 3. The minimum atomic E-state index is -0.269. The first-order chi connectivity index (χ1) is 15.1. The Morgan fingerprint density at radius 1 is 0.968 bits per heavy atom. The standard InChI is InChI=1S/C25H23BrN2O3/c26-20-10-8-19(9-11-20)25(18-5-2-1-3-6-18)27-23(29)17-31-22-14-12-21(13-15-22)28-16-4-7-24(28)30/h1-3,5-6,8-15,25H,4,7,16-17H2,(H,27,29). The van der Waals surface area contributed by atoms with E-state index in [0.29, 0.717) is 12.2 Å². The van der Waals surface area contributed by atoms with E-state index in [2.05, 4.69) is 21.2 Å². The van der Waals surface area contributed by atoms with E-state index in [1.165, 1.54) is 0 Å². The summed E-state index contributed by atoms with van der Waals surface area (Å²) in [6.07, 6.45) is 1.48. The fraction of sp³-hybridized carbons (Fsp3) is 0.200. The summed E-state index contributed by atoms with van der Waals surface area (Å²) >= 11 is 3.45. The molecule has 1 saturated heterocycles. The molecule has 158 valence electrons. The van der Waals surface area contributed by atoms with Gasteiger partial charge in [0.25, 0.3) is 5.91 Å². The molecule has 1 atom stereocenters. The second kappa shape index (κ2) is 9.79. The zero-order chi connectivity index (χ0) is 21.6. The Labute approximate surface area is 190 Å². The Hall–Kier alpha value is -3.12. The number of nitrogens with one attached hydrogen (secondary N) is 1. The lowest BCUT2D eigenvalue weighted by molar-refractivity contribution is -0.123. The fourth-order valence-electron chi connectivity index (χ4n) is 3.65. The molecule has 31 heavy (non-hydrogen) atoms. The number of carbonyl (C=O) groups is 2. The molecule has 1 fully saturated rings. The van der Waals surface area contributed by atoms with Crippen LogP contribution in [0.4, 0.5) is 5.69 Å². The van der Waals surface area contributed by atoms with Crippen molar-refractivity contribution in [1.82, 2.24) is 5.32 Å². The van der Waals surface area contributed by atoms with Crippen molar-refractivity contribution >= 4 is 33.4 Å². The Bertz CT molecular complexity index is 1040. The fourth-order valence-corrected chi connectivity index (χ4v) is 3.92. The average Bonchev–Trinajstić information content (AvgIpc) is 3.23. The van der Waals surface area contributed by atoms with Gasteiger partial charge in [-0.25, -0.2) is 0 Å². The summed E-state index contributed by atoms with van der Waals surface area (Å²) in [5, 5.41) is 3.07. The van der Waals surface area contributed by atoms with Crippen molar-refractivity contribution in [2.45, 2.75) is 18.9 Å². The van der Waals surface area contributed by atoms with Crippen LogP contribution in [0.3, 0.4) is 0 Å². The molecule has 5 nitrogen and oxygen atoms in total. The smallest absolute Gasteiger partial charge is 0.258 e. The summed E-state index contributed by atoms with van der Waals surface area (Å²) in [6, 6.07) is 24.8. The molecule has 0 spiro atoms. The van der Waals surface area contributed by atoms with Gasteiger partial charge in [0.05, 0.1) is 6.04 Å². The number of anilines is 1. The molecule has 1 aliphatic rings. The summed E-state index contributed by atoms with van der Waals surface area (Å²) < 4.78 is 6.66. The van der Waals surface area contributed by atoms with E-state index >= 15 is 0 Å².